The van der Waals surface area contributed by atoms with Gasteiger partial charge >= 0.3 is 0 Å². The van der Waals surface area contributed by atoms with Gasteiger partial charge in [0.05, 0.1) is 18.0 Å². The van der Waals surface area contributed by atoms with Gasteiger partial charge in [-0.05, 0) is 24.1 Å². The maximum absolute atomic E-state index is 12.1. The second-order valence-electron chi connectivity index (χ2n) is 4.92. The molecule has 0 heterocycles. The highest BCUT2D eigenvalue weighted by Crippen LogP contribution is 2.20. The molecule has 0 radical (unpaired) electrons. The van der Waals surface area contributed by atoms with Crippen molar-refractivity contribution in [1.82, 2.24) is 0 Å². The van der Waals surface area contributed by atoms with Gasteiger partial charge in [0.2, 0.25) is 5.91 Å². The van der Waals surface area contributed by atoms with Crippen molar-refractivity contribution in [3.05, 3.63) is 69.3 Å². The molecule has 2 N–H and O–H groups in total. The molecule has 0 aromatic heterocycles. The third-order valence-electron chi connectivity index (χ3n) is 3.30. The van der Waals surface area contributed by atoms with Crippen LogP contribution in [0.25, 0.3) is 0 Å². The molecule has 0 aliphatic rings. The summed E-state index contributed by atoms with van der Waals surface area (Å²) in [6, 6.07) is 11.4. The van der Waals surface area contributed by atoms with Crippen LogP contribution in [0.3, 0.4) is 0 Å². The van der Waals surface area contributed by atoms with E-state index in [9.17, 15) is 14.9 Å². The molecule has 2 aromatic carbocycles. The molecular weight excluding hydrogens is 284 g/mol. The molecule has 2 rings (SSSR count). The van der Waals surface area contributed by atoms with Crippen LogP contribution in [0.1, 0.15) is 16.7 Å². The number of benzene rings is 2. The average molecular weight is 300 g/mol. The number of hydrogen-bond donors (Lipinski definition) is 2. The summed E-state index contributed by atoms with van der Waals surface area (Å²) in [6.45, 7) is 1.72. The number of aryl methyl sites for hydroxylation is 1. The maximum Gasteiger partial charge on any atom is 0.273 e. The zero-order valence-corrected chi connectivity index (χ0v) is 12.1. The minimum absolute atomic E-state index is 0.0709. The number of nitro groups is 1. The summed E-state index contributed by atoms with van der Waals surface area (Å²) in [5, 5.41) is 22.8. The van der Waals surface area contributed by atoms with Gasteiger partial charge < -0.3 is 10.4 Å². The maximum atomic E-state index is 12.1. The number of nitrogens with zero attached hydrogens (tertiary/aromatic N) is 1. The lowest BCUT2D eigenvalue weighted by Gasteiger charge is -2.10. The molecule has 114 valence electrons. The van der Waals surface area contributed by atoms with Crippen molar-refractivity contribution >= 4 is 17.3 Å². The summed E-state index contributed by atoms with van der Waals surface area (Å²) in [7, 11) is 0. The van der Waals surface area contributed by atoms with Gasteiger partial charge in [0.15, 0.2) is 0 Å². The van der Waals surface area contributed by atoms with Crippen molar-refractivity contribution in [3.8, 4) is 0 Å². The van der Waals surface area contributed by atoms with Crippen molar-refractivity contribution in [2.45, 2.75) is 20.0 Å². The molecule has 0 aliphatic heterocycles. The lowest BCUT2D eigenvalue weighted by atomic mass is 10.1. The average Bonchev–Trinajstić information content (AvgIpc) is 2.49. The van der Waals surface area contributed by atoms with Gasteiger partial charge in [0.25, 0.3) is 5.69 Å². The quantitative estimate of drug-likeness (QED) is 0.655. The molecule has 1 amide bonds. The number of rotatable bonds is 5. The monoisotopic (exact) mass is 300 g/mol. The van der Waals surface area contributed by atoms with E-state index >= 15 is 0 Å². The van der Waals surface area contributed by atoms with Crippen molar-refractivity contribution in [1.29, 1.82) is 0 Å². The summed E-state index contributed by atoms with van der Waals surface area (Å²) in [5.74, 6) is -0.340. The van der Waals surface area contributed by atoms with Crippen LogP contribution < -0.4 is 5.32 Å². The normalized spacial score (nSPS) is 10.3. The van der Waals surface area contributed by atoms with Crippen LogP contribution in [0.15, 0.2) is 42.5 Å². The van der Waals surface area contributed by atoms with Gasteiger partial charge in [-0.25, -0.2) is 0 Å². The van der Waals surface area contributed by atoms with E-state index < -0.39 is 4.92 Å². The third-order valence-corrected chi connectivity index (χ3v) is 3.30. The molecule has 0 bridgehead atoms. The summed E-state index contributed by atoms with van der Waals surface area (Å²) >= 11 is 0. The summed E-state index contributed by atoms with van der Waals surface area (Å²) in [4.78, 5) is 22.6. The van der Waals surface area contributed by atoms with E-state index in [1.54, 1.807) is 36.4 Å². The van der Waals surface area contributed by atoms with Crippen LogP contribution >= 0.6 is 0 Å². The van der Waals surface area contributed by atoms with Crippen LogP contribution in [0.4, 0.5) is 11.4 Å². The van der Waals surface area contributed by atoms with Gasteiger partial charge in [0, 0.05) is 17.3 Å². The zero-order valence-electron chi connectivity index (χ0n) is 12.1. The standard InChI is InChI=1S/C16H16N2O4/c1-11-6-7-12(10-19)8-14(11)17-16(20)9-13-4-2-3-5-15(13)18(21)22/h2-8,19H,9-10H2,1H3,(H,17,20). The highest BCUT2D eigenvalue weighted by atomic mass is 16.6. The summed E-state index contributed by atoms with van der Waals surface area (Å²) in [6.07, 6.45) is -0.0834. The third kappa shape index (κ3) is 3.67. The summed E-state index contributed by atoms with van der Waals surface area (Å²) < 4.78 is 0. The van der Waals surface area contributed by atoms with Crippen LogP contribution in [-0.4, -0.2) is 15.9 Å². The first-order valence-corrected chi connectivity index (χ1v) is 6.74. The number of amides is 1. The first-order chi connectivity index (χ1) is 10.5. The Bertz CT molecular complexity index is 713. The van der Waals surface area contributed by atoms with Crippen LogP contribution in [0.5, 0.6) is 0 Å². The number of aliphatic hydroxyl groups excluding tert-OH is 1. The fourth-order valence-corrected chi connectivity index (χ4v) is 2.11. The van der Waals surface area contributed by atoms with E-state index in [1.165, 1.54) is 6.07 Å². The number of para-hydroxylation sites is 1. The zero-order chi connectivity index (χ0) is 16.1. The van der Waals surface area contributed by atoms with Crippen molar-refractivity contribution in [3.63, 3.8) is 0 Å². The fourth-order valence-electron chi connectivity index (χ4n) is 2.11. The molecule has 0 fully saturated rings. The Balaban J connectivity index is 2.16. The van der Waals surface area contributed by atoms with E-state index in [0.29, 0.717) is 16.8 Å². The fraction of sp³-hybridized carbons (Fsp3) is 0.188. The van der Waals surface area contributed by atoms with E-state index in [-0.39, 0.29) is 24.6 Å². The molecule has 0 unspecified atom stereocenters. The van der Waals surface area contributed by atoms with Gasteiger partial charge in [-0.2, -0.15) is 0 Å². The Morgan fingerprint density at radius 3 is 2.68 bits per heavy atom. The van der Waals surface area contributed by atoms with Crippen LogP contribution in [0, 0.1) is 17.0 Å². The Kier molecular flexibility index (Phi) is 4.85. The number of anilines is 1. The van der Waals surface area contributed by atoms with Crippen molar-refractivity contribution in [2.24, 2.45) is 0 Å². The SMILES string of the molecule is Cc1ccc(CO)cc1NC(=O)Cc1ccccc1[N+](=O)[O-]. The molecule has 0 atom stereocenters. The Morgan fingerprint density at radius 2 is 2.00 bits per heavy atom. The molecular formula is C16H16N2O4. The molecule has 2 aromatic rings. The number of aliphatic hydroxyl groups is 1. The van der Waals surface area contributed by atoms with Crippen molar-refractivity contribution in [2.75, 3.05) is 5.32 Å². The van der Waals surface area contributed by atoms with E-state index in [2.05, 4.69) is 5.32 Å². The van der Waals surface area contributed by atoms with Crippen LogP contribution in [-0.2, 0) is 17.8 Å². The Hall–Kier alpha value is -2.73. The number of hydrogen-bond acceptors (Lipinski definition) is 4. The molecule has 6 nitrogen and oxygen atoms in total. The topological polar surface area (TPSA) is 92.5 Å². The van der Waals surface area contributed by atoms with Crippen molar-refractivity contribution < 1.29 is 14.8 Å². The minimum atomic E-state index is -0.500. The van der Waals surface area contributed by atoms with Gasteiger partial charge in [-0.15, -0.1) is 0 Å². The van der Waals surface area contributed by atoms with E-state index in [1.807, 2.05) is 6.92 Å². The second kappa shape index (κ2) is 6.82. The first kappa shape index (κ1) is 15.7. The molecule has 22 heavy (non-hydrogen) atoms. The molecule has 0 saturated carbocycles. The number of carbonyl (C=O) groups is 1. The lowest BCUT2D eigenvalue weighted by molar-refractivity contribution is -0.385. The molecule has 6 heteroatoms. The summed E-state index contributed by atoms with van der Waals surface area (Å²) in [5.41, 5.74) is 2.43. The van der Waals surface area contributed by atoms with Gasteiger partial charge in [0.1, 0.15) is 0 Å². The Morgan fingerprint density at radius 1 is 1.27 bits per heavy atom. The highest BCUT2D eigenvalue weighted by molar-refractivity contribution is 5.93. The van der Waals surface area contributed by atoms with E-state index in [0.717, 1.165) is 5.56 Å². The number of nitrogens with one attached hydrogen (secondary N) is 1. The molecule has 0 saturated heterocycles. The van der Waals surface area contributed by atoms with Crippen LogP contribution in [0.2, 0.25) is 0 Å². The van der Waals surface area contributed by atoms with E-state index in [4.69, 9.17) is 5.11 Å². The Labute approximate surface area is 127 Å². The lowest BCUT2D eigenvalue weighted by Crippen LogP contribution is -2.16. The molecule has 0 spiro atoms. The predicted octanol–water partition coefficient (Wildman–Crippen LogP) is 2.58. The first-order valence-electron chi connectivity index (χ1n) is 6.74. The number of carbonyl (C=O) groups excluding carboxylic acids is 1. The molecule has 0 aliphatic carbocycles. The highest BCUT2D eigenvalue weighted by Gasteiger charge is 2.16. The minimum Gasteiger partial charge on any atom is -0.392 e. The second-order valence-corrected chi connectivity index (χ2v) is 4.92. The predicted molar refractivity (Wildman–Crippen MR) is 82.5 cm³/mol. The van der Waals surface area contributed by atoms with Gasteiger partial charge in [-0.1, -0.05) is 30.3 Å². The largest absolute Gasteiger partial charge is 0.392 e. The number of nitro benzene ring substituents is 1. The smallest absolute Gasteiger partial charge is 0.273 e. The van der Waals surface area contributed by atoms with Gasteiger partial charge in [-0.3, -0.25) is 14.9 Å².